The third-order valence-corrected chi connectivity index (χ3v) is 5.46. The van der Waals surface area contributed by atoms with E-state index in [4.69, 9.17) is 0 Å². The van der Waals surface area contributed by atoms with Gasteiger partial charge in [0.25, 0.3) is 0 Å². The van der Waals surface area contributed by atoms with Crippen molar-refractivity contribution in [2.45, 2.75) is 25.9 Å². The standard InChI is InChI=1S/C25H25N3O2/c1-18(29)28-15-14-19-12-13-23(16-22(19)17-28)26-25(30)27-24(20-8-4-2-5-9-20)21-10-6-3-7-11-21/h2-13,16,24H,14-15,17H2,1H3,(H2,26,27,30). The minimum atomic E-state index is -0.271. The molecular formula is C25H25N3O2. The summed E-state index contributed by atoms with van der Waals surface area (Å²) in [5, 5.41) is 6.04. The molecule has 0 radical (unpaired) electrons. The number of amides is 3. The van der Waals surface area contributed by atoms with Crippen molar-refractivity contribution in [2.24, 2.45) is 0 Å². The maximum absolute atomic E-state index is 12.8. The predicted molar refractivity (Wildman–Crippen MR) is 118 cm³/mol. The minimum absolute atomic E-state index is 0.0744. The SMILES string of the molecule is CC(=O)N1CCc2ccc(NC(=O)NC(c3ccccc3)c3ccccc3)cc2C1. The van der Waals surface area contributed by atoms with Gasteiger partial charge in [0.05, 0.1) is 6.04 Å². The van der Waals surface area contributed by atoms with Gasteiger partial charge in [-0.15, -0.1) is 0 Å². The molecule has 0 fully saturated rings. The zero-order valence-corrected chi connectivity index (χ0v) is 17.0. The Hall–Kier alpha value is -3.60. The molecular weight excluding hydrogens is 374 g/mol. The third kappa shape index (κ3) is 4.51. The Kier molecular flexibility index (Phi) is 5.80. The first-order valence-corrected chi connectivity index (χ1v) is 10.1. The number of nitrogens with one attached hydrogen (secondary N) is 2. The van der Waals surface area contributed by atoms with E-state index < -0.39 is 0 Å². The zero-order chi connectivity index (χ0) is 20.9. The smallest absolute Gasteiger partial charge is 0.319 e. The lowest BCUT2D eigenvalue weighted by Gasteiger charge is -2.28. The van der Waals surface area contributed by atoms with Gasteiger partial charge in [-0.25, -0.2) is 4.79 Å². The molecule has 0 atom stereocenters. The predicted octanol–water partition coefficient (Wildman–Crippen LogP) is 4.50. The van der Waals surface area contributed by atoms with Gasteiger partial charge in [0.15, 0.2) is 0 Å². The molecule has 0 spiro atoms. The Morgan fingerprint density at radius 1 is 0.867 bits per heavy atom. The van der Waals surface area contributed by atoms with Crippen LogP contribution in [0.3, 0.4) is 0 Å². The summed E-state index contributed by atoms with van der Waals surface area (Å²) in [6.07, 6.45) is 0.839. The summed E-state index contributed by atoms with van der Waals surface area (Å²) in [6.45, 7) is 2.91. The summed E-state index contributed by atoms with van der Waals surface area (Å²) in [6, 6.07) is 25.2. The molecule has 5 nitrogen and oxygen atoms in total. The number of fused-ring (bicyclic) bond motifs is 1. The average molecular weight is 399 g/mol. The lowest BCUT2D eigenvalue weighted by Crippen LogP contribution is -2.35. The van der Waals surface area contributed by atoms with Crippen molar-refractivity contribution in [3.05, 3.63) is 101 Å². The highest BCUT2D eigenvalue weighted by Crippen LogP contribution is 2.24. The van der Waals surface area contributed by atoms with E-state index in [1.165, 1.54) is 5.56 Å². The van der Waals surface area contributed by atoms with Crippen LogP contribution in [0, 0.1) is 0 Å². The summed E-state index contributed by atoms with van der Waals surface area (Å²) in [5.41, 5.74) is 5.06. The van der Waals surface area contributed by atoms with Gasteiger partial charge in [-0.05, 0) is 40.8 Å². The van der Waals surface area contributed by atoms with E-state index in [0.29, 0.717) is 6.54 Å². The lowest BCUT2D eigenvalue weighted by molar-refractivity contribution is -0.129. The second-order valence-electron chi connectivity index (χ2n) is 7.53. The Morgan fingerprint density at radius 3 is 2.10 bits per heavy atom. The van der Waals surface area contributed by atoms with Crippen LogP contribution in [0.5, 0.6) is 0 Å². The minimum Gasteiger partial charge on any atom is -0.338 e. The van der Waals surface area contributed by atoms with Gasteiger partial charge in [0.2, 0.25) is 5.91 Å². The highest BCUT2D eigenvalue weighted by molar-refractivity contribution is 5.90. The van der Waals surface area contributed by atoms with Gasteiger partial charge in [0.1, 0.15) is 0 Å². The van der Waals surface area contributed by atoms with E-state index >= 15 is 0 Å². The second-order valence-corrected chi connectivity index (χ2v) is 7.53. The molecule has 0 unspecified atom stereocenters. The van der Waals surface area contributed by atoms with Crippen LogP contribution < -0.4 is 10.6 Å². The zero-order valence-electron chi connectivity index (χ0n) is 17.0. The lowest BCUT2D eigenvalue weighted by atomic mass is 9.98. The van der Waals surface area contributed by atoms with Crippen LogP contribution in [0.2, 0.25) is 0 Å². The maximum atomic E-state index is 12.8. The molecule has 30 heavy (non-hydrogen) atoms. The number of nitrogens with zero attached hydrogens (tertiary/aromatic N) is 1. The van der Waals surface area contributed by atoms with Crippen molar-refractivity contribution >= 4 is 17.6 Å². The van der Waals surface area contributed by atoms with E-state index in [1.54, 1.807) is 6.92 Å². The quantitative estimate of drug-likeness (QED) is 0.678. The number of hydrogen-bond donors (Lipinski definition) is 2. The van der Waals surface area contributed by atoms with Crippen LogP contribution in [0.1, 0.15) is 35.2 Å². The average Bonchev–Trinajstić information content (AvgIpc) is 2.78. The molecule has 2 N–H and O–H groups in total. The van der Waals surface area contributed by atoms with Gasteiger partial charge in [-0.3, -0.25) is 4.79 Å². The molecule has 0 aromatic heterocycles. The monoisotopic (exact) mass is 399 g/mol. The topological polar surface area (TPSA) is 61.4 Å². The van der Waals surface area contributed by atoms with Crippen molar-refractivity contribution in [1.82, 2.24) is 10.2 Å². The summed E-state index contributed by atoms with van der Waals surface area (Å²) in [7, 11) is 0. The van der Waals surface area contributed by atoms with Crippen LogP contribution in [-0.2, 0) is 17.8 Å². The summed E-state index contributed by atoms with van der Waals surface area (Å²) in [4.78, 5) is 26.4. The molecule has 152 valence electrons. The molecule has 1 aliphatic rings. The van der Waals surface area contributed by atoms with E-state index in [1.807, 2.05) is 83.8 Å². The van der Waals surface area contributed by atoms with Crippen molar-refractivity contribution in [2.75, 3.05) is 11.9 Å². The Morgan fingerprint density at radius 2 is 1.50 bits per heavy atom. The number of carbonyl (C=O) groups excluding carboxylic acids is 2. The molecule has 3 amide bonds. The third-order valence-electron chi connectivity index (χ3n) is 5.46. The summed E-state index contributed by atoms with van der Waals surface area (Å²) < 4.78 is 0. The molecule has 0 bridgehead atoms. The Labute approximate surface area is 176 Å². The fourth-order valence-electron chi connectivity index (χ4n) is 3.85. The molecule has 0 saturated carbocycles. The normalized spacial score (nSPS) is 12.9. The van der Waals surface area contributed by atoms with Gasteiger partial charge in [-0.2, -0.15) is 0 Å². The number of rotatable bonds is 4. The van der Waals surface area contributed by atoms with Crippen LogP contribution in [0.15, 0.2) is 78.9 Å². The highest BCUT2D eigenvalue weighted by atomic mass is 16.2. The Bertz CT molecular complexity index is 995. The maximum Gasteiger partial charge on any atom is 0.319 e. The number of anilines is 1. The molecule has 3 aromatic rings. The fraction of sp³-hybridized carbons (Fsp3) is 0.200. The summed E-state index contributed by atoms with van der Waals surface area (Å²) >= 11 is 0. The molecule has 4 rings (SSSR count). The molecule has 0 saturated heterocycles. The second kappa shape index (κ2) is 8.82. The molecule has 1 aliphatic heterocycles. The van der Waals surface area contributed by atoms with E-state index in [2.05, 4.69) is 10.6 Å². The first-order valence-electron chi connectivity index (χ1n) is 10.1. The molecule has 3 aromatic carbocycles. The van der Waals surface area contributed by atoms with Crippen LogP contribution in [-0.4, -0.2) is 23.4 Å². The van der Waals surface area contributed by atoms with Gasteiger partial charge in [-0.1, -0.05) is 66.7 Å². The van der Waals surface area contributed by atoms with Crippen molar-refractivity contribution in [3.63, 3.8) is 0 Å². The van der Waals surface area contributed by atoms with Crippen molar-refractivity contribution < 1.29 is 9.59 Å². The largest absolute Gasteiger partial charge is 0.338 e. The van der Waals surface area contributed by atoms with Crippen LogP contribution in [0.4, 0.5) is 10.5 Å². The van der Waals surface area contributed by atoms with Crippen LogP contribution in [0.25, 0.3) is 0 Å². The van der Waals surface area contributed by atoms with E-state index in [9.17, 15) is 9.59 Å². The fourth-order valence-corrected chi connectivity index (χ4v) is 3.85. The molecule has 1 heterocycles. The number of urea groups is 1. The number of carbonyl (C=O) groups is 2. The highest BCUT2D eigenvalue weighted by Gasteiger charge is 2.20. The summed E-state index contributed by atoms with van der Waals surface area (Å²) in [5.74, 6) is 0.0744. The molecule has 5 heteroatoms. The van der Waals surface area contributed by atoms with E-state index in [0.717, 1.165) is 35.3 Å². The first kappa shape index (κ1) is 19.7. The van der Waals surface area contributed by atoms with Crippen LogP contribution >= 0.6 is 0 Å². The van der Waals surface area contributed by atoms with Gasteiger partial charge >= 0.3 is 6.03 Å². The van der Waals surface area contributed by atoms with Gasteiger partial charge < -0.3 is 15.5 Å². The number of hydrogen-bond acceptors (Lipinski definition) is 2. The van der Waals surface area contributed by atoms with Crippen molar-refractivity contribution in [1.29, 1.82) is 0 Å². The van der Waals surface area contributed by atoms with E-state index in [-0.39, 0.29) is 18.0 Å². The van der Waals surface area contributed by atoms with Crippen molar-refractivity contribution in [3.8, 4) is 0 Å². The molecule has 0 aliphatic carbocycles. The number of benzene rings is 3. The Balaban J connectivity index is 1.51. The first-order chi connectivity index (χ1) is 14.6. The van der Waals surface area contributed by atoms with Gasteiger partial charge in [0, 0.05) is 25.7 Å².